The molecule has 0 bridgehead atoms. The molecule has 1 saturated carbocycles. The van der Waals surface area contributed by atoms with Crippen LogP contribution in [0.3, 0.4) is 0 Å². The lowest BCUT2D eigenvalue weighted by Gasteiger charge is -2.23. The number of nitrogens with zero attached hydrogens (tertiary/aromatic N) is 1. The first-order valence-corrected chi connectivity index (χ1v) is 7.40. The Kier molecular flexibility index (Phi) is 5.00. The van der Waals surface area contributed by atoms with Crippen LogP contribution in [0, 0.1) is 5.92 Å². The predicted molar refractivity (Wildman–Crippen MR) is 74.5 cm³/mol. The number of hydrogen-bond acceptors (Lipinski definition) is 2. The normalized spacial score (nSPS) is 24.6. The maximum atomic E-state index is 12.0. The van der Waals surface area contributed by atoms with Crippen molar-refractivity contribution >= 4 is 11.8 Å². The second kappa shape index (κ2) is 6.73. The molecule has 1 heterocycles. The molecule has 0 radical (unpaired) electrons. The topological polar surface area (TPSA) is 49.4 Å². The summed E-state index contributed by atoms with van der Waals surface area (Å²) >= 11 is 0. The van der Waals surface area contributed by atoms with E-state index in [0.29, 0.717) is 25.6 Å². The number of hydrogen-bond donors (Lipinski definition) is 1. The van der Waals surface area contributed by atoms with Gasteiger partial charge in [-0.15, -0.1) is 0 Å². The molecular formula is C15H24N2O2. The van der Waals surface area contributed by atoms with Crippen LogP contribution in [0.4, 0.5) is 0 Å². The zero-order valence-corrected chi connectivity index (χ0v) is 11.7. The van der Waals surface area contributed by atoms with E-state index >= 15 is 0 Å². The Morgan fingerprint density at radius 3 is 2.84 bits per heavy atom. The Morgan fingerprint density at radius 1 is 1.42 bits per heavy atom. The van der Waals surface area contributed by atoms with Crippen LogP contribution in [0.2, 0.25) is 0 Å². The quantitative estimate of drug-likeness (QED) is 0.608. The molecule has 1 atom stereocenters. The van der Waals surface area contributed by atoms with Gasteiger partial charge in [0.15, 0.2) is 0 Å². The van der Waals surface area contributed by atoms with Crippen LogP contribution in [-0.4, -0.2) is 35.8 Å². The van der Waals surface area contributed by atoms with Gasteiger partial charge in [0.25, 0.3) is 0 Å². The second-order valence-electron chi connectivity index (χ2n) is 5.53. The molecule has 1 N–H and O–H groups in total. The molecule has 19 heavy (non-hydrogen) atoms. The highest BCUT2D eigenvalue weighted by Gasteiger charge is 2.38. The molecule has 0 spiro atoms. The molecule has 0 aromatic heterocycles. The number of carbonyl (C=O) groups excluding carboxylic acids is 2. The van der Waals surface area contributed by atoms with E-state index in [1.54, 1.807) is 0 Å². The van der Waals surface area contributed by atoms with Crippen molar-refractivity contribution in [2.24, 2.45) is 5.92 Å². The third-order valence-electron chi connectivity index (χ3n) is 4.14. The monoisotopic (exact) mass is 264 g/mol. The second-order valence-corrected chi connectivity index (χ2v) is 5.53. The number of amides is 2. The van der Waals surface area contributed by atoms with E-state index in [4.69, 9.17) is 0 Å². The number of likely N-dealkylation sites (tertiary alicyclic amines) is 1. The fraction of sp³-hybridized carbons (Fsp3) is 0.733. The average molecular weight is 264 g/mol. The molecule has 2 rings (SSSR count). The Bertz CT molecular complexity index is 359. The van der Waals surface area contributed by atoms with E-state index in [1.165, 1.54) is 12.8 Å². The highest BCUT2D eigenvalue weighted by Crippen LogP contribution is 2.29. The van der Waals surface area contributed by atoms with Gasteiger partial charge in [-0.25, -0.2) is 0 Å². The molecule has 0 aromatic rings. The van der Waals surface area contributed by atoms with Crippen LogP contribution in [0.5, 0.6) is 0 Å². The lowest BCUT2D eigenvalue weighted by molar-refractivity contribution is -0.130. The first-order valence-electron chi connectivity index (χ1n) is 7.40. The average Bonchev–Trinajstić information content (AvgIpc) is 3.03. The van der Waals surface area contributed by atoms with Crippen molar-refractivity contribution in [1.29, 1.82) is 0 Å². The Balaban J connectivity index is 1.79. The van der Waals surface area contributed by atoms with E-state index in [-0.39, 0.29) is 17.7 Å². The summed E-state index contributed by atoms with van der Waals surface area (Å²) in [6.07, 6.45) is 9.92. The number of allylic oxidation sites excluding steroid dienone is 1. The summed E-state index contributed by atoms with van der Waals surface area (Å²) in [5.74, 6) is 0.0672. The van der Waals surface area contributed by atoms with Crippen LogP contribution >= 0.6 is 0 Å². The van der Waals surface area contributed by atoms with Gasteiger partial charge in [0, 0.05) is 25.6 Å². The SMILES string of the molecule is C/C=C/CCNC(=O)C1CC(=O)N(C2CCCC2)C1. The molecule has 2 fully saturated rings. The summed E-state index contributed by atoms with van der Waals surface area (Å²) in [7, 11) is 0. The first-order chi connectivity index (χ1) is 9.22. The predicted octanol–water partition coefficient (Wildman–Crippen LogP) is 1.86. The van der Waals surface area contributed by atoms with Crippen molar-refractivity contribution < 1.29 is 9.59 Å². The minimum absolute atomic E-state index is 0.0401. The fourth-order valence-corrected chi connectivity index (χ4v) is 3.07. The Morgan fingerprint density at radius 2 is 2.16 bits per heavy atom. The van der Waals surface area contributed by atoms with Gasteiger partial charge in [0.2, 0.25) is 11.8 Å². The van der Waals surface area contributed by atoms with E-state index in [9.17, 15) is 9.59 Å². The Labute approximate surface area is 115 Å². The molecule has 2 amide bonds. The van der Waals surface area contributed by atoms with Crippen molar-refractivity contribution in [3.63, 3.8) is 0 Å². The summed E-state index contributed by atoms with van der Waals surface area (Å²) in [5.41, 5.74) is 0. The molecule has 1 aliphatic heterocycles. The van der Waals surface area contributed by atoms with Crippen LogP contribution in [0.1, 0.15) is 45.4 Å². The van der Waals surface area contributed by atoms with Gasteiger partial charge >= 0.3 is 0 Å². The van der Waals surface area contributed by atoms with Crippen molar-refractivity contribution in [2.75, 3.05) is 13.1 Å². The van der Waals surface area contributed by atoms with Crippen molar-refractivity contribution in [1.82, 2.24) is 10.2 Å². The maximum absolute atomic E-state index is 12.0. The van der Waals surface area contributed by atoms with Gasteiger partial charge in [-0.1, -0.05) is 25.0 Å². The zero-order chi connectivity index (χ0) is 13.7. The summed E-state index contributed by atoms with van der Waals surface area (Å²) in [5, 5.41) is 2.92. The van der Waals surface area contributed by atoms with Gasteiger partial charge in [-0.05, 0) is 26.2 Å². The molecular weight excluding hydrogens is 240 g/mol. The molecule has 1 unspecified atom stereocenters. The molecule has 1 aliphatic carbocycles. The van der Waals surface area contributed by atoms with Crippen LogP contribution in [0.15, 0.2) is 12.2 Å². The summed E-state index contributed by atoms with van der Waals surface area (Å²) in [6, 6.07) is 0.397. The number of rotatable bonds is 5. The molecule has 2 aliphatic rings. The third kappa shape index (κ3) is 3.58. The summed E-state index contributed by atoms with van der Waals surface area (Å²) < 4.78 is 0. The third-order valence-corrected chi connectivity index (χ3v) is 4.14. The van der Waals surface area contributed by atoms with Gasteiger partial charge in [0.05, 0.1) is 5.92 Å². The van der Waals surface area contributed by atoms with Gasteiger partial charge < -0.3 is 10.2 Å². The Hall–Kier alpha value is -1.32. The molecule has 1 saturated heterocycles. The number of carbonyl (C=O) groups is 2. The smallest absolute Gasteiger partial charge is 0.225 e. The highest BCUT2D eigenvalue weighted by atomic mass is 16.2. The first kappa shape index (κ1) is 14.1. The van der Waals surface area contributed by atoms with Crippen LogP contribution in [-0.2, 0) is 9.59 Å². The van der Waals surface area contributed by atoms with E-state index in [0.717, 1.165) is 19.3 Å². The fourth-order valence-electron chi connectivity index (χ4n) is 3.07. The van der Waals surface area contributed by atoms with Gasteiger partial charge in [-0.3, -0.25) is 9.59 Å². The van der Waals surface area contributed by atoms with Crippen LogP contribution in [0.25, 0.3) is 0 Å². The van der Waals surface area contributed by atoms with Crippen molar-refractivity contribution in [2.45, 2.75) is 51.5 Å². The summed E-state index contributed by atoms with van der Waals surface area (Å²) in [6.45, 7) is 3.26. The standard InChI is InChI=1S/C15H24N2O2/c1-2-3-6-9-16-15(19)12-10-14(18)17(11-12)13-7-4-5-8-13/h2-3,12-13H,4-11H2,1H3,(H,16,19)/b3-2+. The van der Waals surface area contributed by atoms with Crippen molar-refractivity contribution in [3.8, 4) is 0 Å². The van der Waals surface area contributed by atoms with E-state index < -0.39 is 0 Å². The van der Waals surface area contributed by atoms with Gasteiger partial charge in [0.1, 0.15) is 0 Å². The van der Waals surface area contributed by atoms with E-state index in [2.05, 4.69) is 5.32 Å². The lowest BCUT2D eigenvalue weighted by atomic mass is 10.1. The lowest BCUT2D eigenvalue weighted by Crippen LogP contribution is -2.37. The highest BCUT2D eigenvalue weighted by molar-refractivity contribution is 5.89. The molecule has 4 heteroatoms. The number of nitrogens with one attached hydrogen (secondary N) is 1. The minimum Gasteiger partial charge on any atom is -0.355 e. The molecule has 4 nitrogen and oxygen atoms in total. The molecule has 106 valence electrons. The minimum atomic E-state index is -0.140. The van der Waals surface area contributed by atoms with Gasteiger partial charge in [-0.2, -0.15) is 0 Å². The van der Waals surface area contributed by atoms with E-state index in [1.807, 2.05) is 24.0 Å². The largest absolute Gasteiger partial charge is 0.355 e. The summed E-state index contributed by atoms with van der Waals surface area (Å²) in [4.78, 5) is 25.9. The maximum Gasteiger partial charge on any atom is 0.225 e. The molecule has 0 aromatic carbocycles. The van der Waals surface area contributed by atoms with Crippen molar-refractivity contribution in [3.05, 3.63) is 12.2 Å². The van der Waals surface area contributed by atoms with Crippen LogP contribution < -0.4 is 5.32 Å². The zero-order valence-electron chi connectivity index (χ0n) is 11.7.